The number of phenolic OH excluding ortho intramolecular Hbond substituents is 1. The Bertz CT molecular complexity index is 362. The van der Waals surface area contributed by atoms with Gasteiger partial charge in [0.15, 0.2) is 0 Å². The smallest absolute Gasteiger partial charge is 0.235 e. The first-order valence-electron chi connectivity index (χ1n) is 3.40. The summed E-state index contributed by atoms with van der Waals surface area (Å²) in [6, 6.07) is 4.77. The van der Waals surface area contributed by atoms with Crippen LogP contribution in [-0.4, -0.2) is 10.0 Å². The van der Waals surface area contributed by atoms with Gasteiger partial charge < -0.3 is 5.11 Å². The molecule has 0 atom stereocenters. The van der Waals surface area contributed by atoms with Gasteiger partial charge in [0, 0.05) is 6.08 Å². The number of hydrogen-bond donors (Lipinski definition) is 1. The second-order valence-electron chi connectivity index (χ2n) is 2.31. The summed E-state index contributed by atoms with van der Waals surface area (Å²) in [6.45, 7) is 0. The summed E-state index contributed by atoms with van der Waals surface area (Å²) < 4.78 is 0.670. The fraction of sp³-hybridized carbons (Fsp3) is 0. The molecule has 1 rings (SSSR count). The van der Waals surface area contributed by atoms with E-state index in [4.69, 9.17) is 5.11 Å². The molecule has 0 aliphatic rings. The molecule has 1 N–H and O–H groups in total. The fourth-order valence-electron chi connectivity index (χ4n) is 0.774. The van der Waals surface area contributed by atoms with Gasteiger partial charge in [-0.2, -0.15) is 0 Å². The molecule has 13 heavy (non-hydrogen) atoms. The summed E-state index contributed by atoms with van der Waals surface area (Å²) in [5.41, 5.74) is 0.693. The molecule has 0 aliphatic heterocycles. The Labute approximate surface area is 88.2 Å². The first-order valence-corrected chi connectivity index (χ1v) is 4.47. The largest absolute Gasteiger partial charge is 0.507 e. The third-order valence-electron chi connectivity index (χ3n) is 1.36. The molecule has 4 nitrogen and oxygen atoms in total. The zero-order chi connectivity index (χ0) is 9.84. The predicted octanol–water partition coefficient (Wildman–Crippen LogP) is 2.24. The molecule has 0 heterocycles. The van der Waals surface area contributed by atoms with Crippen LogP contribution in [-0.2, 0) is 0 Å². The summed E-state index contributed by atoms with van der Waals surface area (Å²) in [5, 5.41) is 19.1. The van der Waals surface area contributed by atoms with Crippen molar-refractivity contribution in [3.05, 3.63) is 43.6 Å². The van der Waals surface area contributed by atoms with Crippen molar-refractivity contribution in [3.63, 3.8) is 0 Å². The number of halogens is 1. The Kier molecular flexibility index (Phi) is 3.24. The molecule has 0 bridgehead atoms. The lowest BCUT2D eigenvalue weighted by atomic mass is 10.2. The summed E-state index contributed by atoms with van der Waals surface area (Å²) in [5.74, 6) is 0.179. The minimum absolute atomic E-state index is 0.179. The van der Waals surface area contributed by atoms with E-state index in [1.165, 1.54) is 12.1 Å². The molecule has 0 amide bonds. The Balaban J connectivity index is 2.92. The molecule has 68 valence electrons. The lowest BCUT2D eigenvalue weighted by molar-refractivity contribution is -0.400. The monoisotopic (exact) mass is 291 g/mol. The summed E-state index contributed by atoms with van der Waals surface area (Å²) >= 11 is 1.95. The van der Waals surface area contributed by atoms with Crippen molar-refractivity contribution in [1.29, 1.82) is 0 Å². The number of benzene rings is 1. The molecule has 0 radical (unpaired) electrons. The van der Waals surface area contributed by atoms with Gasteiger partial charge in [0.25, 0.3) is 0 Å². The lowest BCUT2D eigenvalue weighted by Gasteiger charge is -1.96. The van der Waals surface area contributed by atoms with Crippen LogP contribution in [0.5, 0.6) is 5.75 Å². The first-order chi connectivity index (χ1) is 6.09. The highest BCUT2D eigenvalue weighted by atomic mass is 127. The van der Waals surface area contributed by atoms with Crippen LogP contribution in [0.3, 0.4) is 0 Å². The van der Waals surface area contributed by atoms with Gasteiger partial charge in [-0.05, 0) is 40.3 Å². The third-order valence-corrected chi connectivity index (χ3v) is 2.22. The van der Waals surface area contributed by atoms with Crippen molar-refractivity contribution in [2.75, 3.05) is 0 Å². The molecule has 1 aromatic rings. The van der Waals surface area contributed by atoms with Crippen LogP contribution in [0.1, 0.15) is 5.56 Å². The highest BCUT2D eigenvalue weighted by Gasteiger charge is 1.97. The van der Waals surface area contributed by atoms with Gasteiger partial charge in [0.2, 0.25) is 6.20 Å². The number of phenols is 1. The van der Waals surface area contributed by atoms with Crippen LogP contribution in [0.2, 0.25) is 0 Å². The molecule has 0 unspecified atom stereocenters. The van der Waals surface area contributed by atoms with Crippen molar-refractivity contribution >= 4 is 28.7 Å². The van der Waals surface area contributed by atoms with Crippen LogP contribution in [0.15, 0.2) is 24.4 Å². The highest BCUT2D eigenvalue weighted by molar-refractivity contribution is 14.1. The minimum Gasteiger partial charge on any atom is -0.507 e. The maximum Gasteiger partial charge on any atom is 0.235 e. The van der Waals surface area contributed by atoms with E-state index < -0.39 is 4.92 Å². The van der Waals surface area contributed by atoms with E-state index in [-0.39, 0.29) is 5.75 Å². The Hall–Kier alpha value is -1.11. The van der Waals surface area contributed by atoms with Gasteiger partial charge in [-0.3, -0.25) is 10.1 Å². The van der Waals surface area contributed by atoms with Gasteiger partial charge in [0.1, 0.15) is 5.75 Å². The Morgan fingerprint density at radius 3 is 2.77 bits per heavy atom. The highest BCUT2D eigenvalue weighted by Crippen LogP contribution is 2.20. The van der Waals surface area contributed by atoms with E-state index in [1.807, 2.05) is 22.6 Å². The Morgan fingerprint density at radius 1 is 1.54 bits per heavy atom. The number of aromatic hydroxyl groups is 1. The molecule has 0 saturated heterocycles. The quantitative estimate of drug-likeness (QED) is 0.516. The SMILES string of the molecule is O=[N+]([O-])C=Cc1ccc(O)c(I)c1. The average molecular weight is 291 g/mol. The average Bonchev–Trinajstić information content (AvgIpc) is 2.07. The van der Waals surface area contributed by atoms with Gasteiger partial charge in [-0.1, -0.05) is 6.07 Å². The van der Waals surface area contributed by atoms with E-state index in [2.05, 4.69) is 0 Å². The zero-order valence-electron chi connectivity index (χ0n) is 6.48. The normalized spacial score (nSPS) is 10.5. The number of hydrogen-bond acceptors (Lipinski definition) is 3. The Morgan fingerprint density at radius 2 is 2.23 bits per heavy atom. The maximum absolute atomic E-state index is 9.99. The number of nitro groups is 1. The summed E-state index contributed by atoms with van der Waals surface area (Å²) in [4.78, 5) is 9.46. The van der Waals surface area contributed by atoms with Crippen LogP contribution in [0, 0.1) is 13.7 Å². The number of nitrogens with zero attached hydrogens (tertiary/aromatic N) is 1. The molecule has 0 spiro atoms. The summed E-state index contributed by atoms with van der Waals surface area (Å²) in [7, 11) is 0. The van der Waals surface area contributed by atoms with Crippen molar-refractivity contribution in [3.8, 4) is 5.75 Å². The molecule has 0 aliphatic carbocycles. The molecule has 1 aromatic carbocycles. The topological polar surface area (TPSA) is 63.4 Å². The van der Waals surface area contributed by atoms with Crippen LogP contribution in [0.4, 0.5) is 0 Å². The lowest BCUT2D eigenvalue weighted by Crippen LogP contribution is -1.83. The van der Waals surface area contributed by atoms with E-state index in [1.54, 1.807) is 12.1 Å². The zero-order valence-corrected chi connectivity index (χ0v) is 8.63. The molecular weight excluding hydrogens is 285 g/mol. The molecule has 5 heteroatoms. The molecular formula is C8H6INO3. The van der Waals surface area contributed by atoms with E-state index in [9.17, 15) is 10.1 Å². The molecule has 0 fully saturated rings. The van der Waals surface area contributed by atoms with Crippen LogP contribution >= 0.6 is 22.6 Å². The standard InChI is InChI=1S/C8H6INO3/c9-7-5-6(1-2-8(7)11)3-4-10(12)13/h1-5,11H. The first kappa shape index (κ1) is 9.97. The van der Waals surface area contributed by atoms with E-state index >= 15 is 0 Å². The molecule has 0 aromatic heterocycles. The van der Waals surface area contributed by atoms with Crippen molar-refractivity contribution in [1.82, 2.24) is 0 Å². The molecule has 0 saturated carbocycles. The van der Waals surface area contributed by atoms with Gasteiger partial charge in [-0.15, -0.1) is 0 Å². The summed E-state index contributed by atoms with van der Waals surface area (Å²) in [6.07, 6.45) is 2.24. The van der Waals surface area contributed by atoms with Crippen molar-refractivity contribution in [2.24, 2.45) is 0 Å². The fourth-order valence-corrected chi connectivity index (χ4v) is 1.31. The van der Waals surface area contributed by atoms with E-state index in [0.29, 0.717) is 9.13 Å². The second-order valence-corrected chi connectivity index (χ2v) is 3.47. The second kappa shape index (κ2) is 4.22. The van der Waals surface area contributed by atoms with Crippen molar-refractivity contribution < 1.29 is 10.0 Å². The van der Waals surface area contributed by atoms with Crippen LogP contribution < -0.4 is 0 Å². The van der Waals surface area contributed by atoms with Gasteiger partial charge in [0.05, 0.1) is 8.49 Å². The van der Waals surface area contributed by atoms with Gasteiger partial charge in [-0.25, -0.2) is 0 Å². The van der Waals surface area contributed by atoms with E-state index in [0.717, 1.165) is 6.20 Å². The maximum atomic E-state index is 9.99. The predicted molar refractivity (Wildman–Crippen MR) is 56.9 cm³/mol. The van der Waals surface area contributed by atoms with Crippen LogP contribution in [0.25, 0.3) is 6.08 Å². The van der Waals surface area contributed by atoms with Crippen molar-refractivity contribution in [2.45, 2.75) is 0 Å². The minimum atomic E-state index is -0.528. The number of rotatable bonds is 2. The third kappa shape index (κ3) is 3.02. The van der Waals surface area contributed by atoms with Gasteiger partial charge >= 0.3 is 0 Å².